The average molecular weight is 555 g/mol. The molecule has 0 N–H and O–H groups in total. The molecule has 1 atom stereocenters. The Hall–Kier alpha value is -3.72. The van der Waals surface area contributed by atoms with E-state index in [1.54, 1.807) is 0 Å². The van der Waals surface area contributed by atoms with Crippen LogP contribution in [0.1, 0.15) is 63.0 Å². The third kappa shape index (κ3) is 6.21. The van der Waals surface area contributed by atoms with Gasteiger partial charge in [-0.3, -0.25) is 0 Å². The molecule has 0 saturated carbocycles. The van der Waals surface area contributed by atoms with E-state index in [-0.39, 0.29) is 6.29 Å². The molecule has 6 rings (SSSR count). The Kier molecular flexibility index (Phi) is 9.13. The molecule has 5 aromatic carbocycles. The highest BCUT2D eigenvalue weighted by Gasteiger charge is 2.17. The molecule has 2 heteroatoms. The second-order valence-corrected chi connectivity index (χ2v) is 11.6. The molecule has 5 aromatic rings. The summed E-state index contributed by atoms with van der Waals surface area (Å²) in [5.74, 6) is 0. The van der Waals surface area contributed by atoms with E-state index in [1.807, 2.05) is 0 Å². The van der Waals surface area contributed by atoms with Crippen LogP contribution in [0.15, 0.2) is 104 Å². The van der Waals surface area contributed by atoms with Gasteiger partial charge in [-0.05, 0) is 105 Å². The molecule has 1 aliphatic heterocycles. The lowest BCUT2D eigenvalue weighted by Crippen LogP contribution is -2.22. The molecule has 1 saturated heterocycles. The first-order valence-electron chi connectivity index (χ1n) is 15.8. The summed E-state index contributed by atoms with van der Waals surface area (Å²) >= 11 is 0. The molecule has 1 fully saturated rings. The zero-order chi connectivity index (χ0) is 28.7. The fourth-order valence-electron chi connectivity index (χ4n) is 6.33. The van der Waals surface area contributed by atoms with Gasteiger partial charge >= 0.3 is 0 Å². The Morgan fingerprint density at radius 2 is 1.29 bits per heavy atom. The number of hydrogen-bond acceptors (Lipinski definition) is 2. The monoisotopic (exact) mass is 554 g/mol. The van der Waals surface area contributed by atoms with Crippen LogP contribution in [-0.2, 0) is 15.9 Å². The predicted molar refractivity (Wildman–Crippen MR) is 179 cm³/mol. The lowest BCUT2D eigenvalue weighted by Gasteiger charge is -2.22. The minimum Gasteiger partial charge on any atom is -0.353 e. The van der Waals surface area contributed by atoms with Crippen LogP contribution in [0.2, 0.25) is 0 Å². The quantitative estimate of drug-likeness (QED) is 0.119. The van der Waals surface area contributed by atoms with Crippen molar-refractivity contribution in [3.63, 3.8) is 0 Å². The molecule has 42 heavy (non-hydrogen) atoms. The lowest BCUT2D eigenvalue weighted by molar-refractivity contribution is -0.162. The topological polar surface area (TPSA) is 18.5 Å². The Labute approximate surface area is 251 Å². The van der Waals surface area contributed by atoms with Gasteiger partial charge in [0.1, 0.15) is 0 Å². The molecule has 1 unspecified atom stereocenters. The maximum absolute atomic E-state index is 5.90. The van der Waals surface area contributed by atoms with Crippen LogP contribution in [0.25, 0.3) is 49.4 Å². The maximum atomic E-state index is 5.90. The summed E-state index contributed by atoms with van der Waals surface area (Å²) in [7, 11) is 0. The molecule has 0 amide bonds. The molecule has 0 bridgehead atoms. The Morgan fingerprint density at radius 1 is 0.714 bits per heavy atom. The lowest BCUT2D eigenvalue weighted by atomic mass is 9.85. The van der Waals surface area contributed by atoms with Crippen molar-refractivity contribution in [2.75, 3.05) is 13.2 Å². The predicted octanol–water partition coefficient (Wildman–Crippen LogP) is 11.0. The van der Waals surface area contributed by atoms with E-state index in [0.717, 1.165) is 38.9 Å². The van der Waals surface area contributed by atoms with E-state index in [4.69, 9.17) is 9.47 Å². The number of hydrogen-bond donors (Lipinski definition) is 0. The van der Waals surface area contributed by atoms with Crippen LogP contribution in [0, 0.1) is 0 Å². The zero-order valence-corrected chi connectivity index (χ0v) is 24.9. The molecular weight excluding hydrogens is 512 g/mol. The fraction of sp³-hybridized carbons (Fsp3) is 0.300. The first kappa shape index (κ1) is 28.4. The van der Waals surface area contributed by atoms with Gasteiger partial charge in [-0.25, -0.2) is 0 Å². The number of rotatable bonds is 11. The number of aryl methyl sites for hydroxylation is 1. The van der Waals surface area contributed by atoms with E-state index >= 15 is 0 Å². The van der Waals surface area contributed by atoms with Gasteiger partial charge < -0.3 is 9.47 Å². The van der Waals surface area contributed by atoms with E-state index in [2.05, 4.69) is 111 Å². The van der Waals surface area contributed by atoms with Crippen LogP contribution < -0.4 is 0 Å². The van der Waals surface area contributed by atoms with Crippen molar-refractivity contribution in [2.24, 2.45) is 0 Å². The van der Waals surface area contributed by atoms with Crippen LogP contribution in [0.5, 0.6) is 0 Å². The Morgan fingerprint density at radius 3 is 1.81 bits per heavy atom. The van der Waals surface area contributed by atoms with Gasteiger partial charge in [0, 0.05) is 13.2 Å². The van der Waals surface area contributed by atoms with Gasteiger partial charge in [-0.2, -0.15) is 0 Å². The standard InChI is InChI=1S/C40H42O2/c1-3-29(2)31-23-25-33(26-24-31)40-36-16-8-6-14-34(36)39(35-15-7-9-17-37(35)40)32-21-19-30(20-22-32)13-5-4-11-27-41-38-18-10-12-28-42-38/h6-9,14-17,19-26,38H,2-5,10-13,18,27-28H2,1H3. The summed E-state index contributed by atoms with van der Waals surface area (Å²) in [5, 5.41) is 5.17. The average Bonchev–Trinajstić information content (AvgIpc) is 3.06. The number of fused-ring (bicyclic) bond motifs is 2. The third-order valence-electron chi connectivity index (χ3n) is 8.73. The largest absolute Gasteiger partial charge is 0.353 e. The normalized spacial score (nSPS) is 15.3. The SMILES string of the molecule is C=C(CC)c1ccc(-c2c3ccccc3c(-c3ccc(CCCCCOC4CCCCO4)cc3)c3ccccc23)cc1. The number of ether oxygens (including phenoxy) is 2. The molecule has 0 aliphatic carbocycles. The van der Waals surface area contributed by atoms with E-state index in [9.17, 15) is 0 Å². The van der Waals surface area contributed by atoms with Gasteiger partial charge in [0.15, 0.2) is 6.29 Å². The summed E-state index contributed by atoms with van der Waals surface area (Å²) in [4.78, 5) is 0. The molecule has 214 valence electrons. The van der Waals surface area contributed by atoms with E-state index in [1.165, 1.54) is 86.2 Å². The van der Waals surface area contributed by atoms with Crippen LogP contribution >= 0.6 is 0 Å². The molecule has 0 aromatic heterocycles. The van der Waals surface area contributed by atoms with Crippen molar-refractivity contribution in [2.45, 2.75) is 64.6 Å². The highest BCUT2D eigenvalue weighted by Crippen LogP contribution is 2.43. The first-order valence-corrected chi connectivity index (χ1v) is 15.8. The van der Waals surface area contributed by atoms with Crippen molar-refractivity contribution in [1.29, 1.82) is 0 Å². The molecule has 1 heterocycles. The molecule has 1 aliphatic rings. The summed E-state index contributed by atoms with van der Waals surface area (Å²) in [6.07, 6.45) is 8.98. The highest BCUT2D eigenvalue weighted by atomic mass is 16.7. The van der Waals surface area contributed by atoms with Crippen molar-refractivity contribution < 1.29 is 9.47 Å². The Balaban J connectivity index is 1.24. The van der Waals surface area contributed by atoms with Crippen molar-refractivity contribution in [3.8, 4) is 22.3 Å². The van der Waals surface area contributed by atoms with E-state index in [0.29, 0.717) is 0 Å². The molecular formula is C40H42O2. The van der Waals surface area contributed by atoms with Gasteiger partial charge in [0.2, 0.25) is 0 Å². The molecule has 0 radical (unpaired) electrons. The second-order valence-electron chi connectivity index (χ2n) is 11.6. The third-order valence-corrected chi connectivity index (χ3v) is 8.73. The van der Waals surface area contributed by atoms with Crippen LogP contribution in [0.4, 0.5) is 0 Å². The van der Waals surface area contributed by atoms with Gasteiger partial charge in [-0.1, -0.05) is 117 Å². The minimum absolute atomic E-state index is 0.0272. The number of allylic oxidation sites excluding steroid dienone is 1. The van der Waals surface area contributed by atoms with Crippen molar-refractivity contribution in [3.05, 3.63) is 115 Å². The van der Waals surface area contributed by atoms with Gasteiger partial charge in [0.25, 0.3) is 0 Å². The first-order chi connectivity index (χ1) is 20.7. The van der Waals surface area contributed by atoms with Gasteiger partial charge in [0.05, 0.1) is 0 Å². The summed E-state index contributed by atoms with van der Waals surface area (Å²) in [6, 6.07) is 36.0. The fourth-order valence-corrected chi connectivity index (χ4v) is 6.33. The second kappa shape index (κ2) is 13.5. The van der Waals surface area contributed by atoms with E-state index < -0.39 is 0 Å². The van der Waals surface area contributed by atoms with Crippen LogP contribution in [0.3, 0.4) is 0 Å². The smallest absolute Gasteiger partial charge is 0.157 e. The maximum Gasteiger partial charge on any atom is 0.157 e. The van der Waals surface area contributed by atoms with Crippen LogP contribution in [-0.4, -0.2) is 19.5 Å². The number of benzene rings is 5. The number of unbranched alkanes of at least 4 members (excludes halogenated alkanes) is 2. The highest BCUT2D eigenvalue weighted by molar-refractivity contribution is 6.21. The summed E-state index contributed by atoms with van der Waals surface area (Å²) in [6.45, 7) is 8.04. The molecule has 2 nitrogen and oxygen atoms in total. The van der Waals surface area contributed by atoms with Crippen molar-refractivity contribution >= 4 is 27.1 Å². The molecule has 0 spiro atoms. The summed E-state index contributed by atoms with van der Waals surface area (Å²) in [5.41, 5.74) is 8.92. The Bertz CT molecular complexity index is 1580. The summed E-state index contributed by atoms with van der Waals surface area (Å²) < 4.78 is 11.6. The van der Waals surface area contributed by atoms with Crippen molar-refractivity contribution in [1.82, 2.24) is 0 Å². The van der Waals surface area contributed by atoms with Gasteiger partial charge in [-0.15, -0.1) is 0 Å². The minimum atomic E-state index is 0.0272. The zero-order valence-electron chi connectivity index (χ0n) is 24.9.